The van der Waals surface area contributed by atoms with Crippen LogP contribution in [0.25, 0.3) is 0 Å². The number of aryl methyl sites for hydroxylation is 1. The Kier molecular flexibility index (Phi) is 7.49. The Labute approximate surface area is 128 Å². The summed E-state index contributed by atoms with van der Waals surface area (Å²) in [6.07, 6.45) is 3.01. The number of carboxylic acids is 1. The van der Waals surface area contributed by atoms with Crippen molar-refractivity contribution in [3.63, 3.8) is 0 Å². The number of aliphatic carboxylic acids is 1. The van der Waals surface area contributed by atoms with Gasteiger partial charge in [-0.2, -0.15) is 0 Å². The van der Waals surface area contributed by atoms with Crippen LogP contribution in [0.15, 0.2) is 18.2 Å². The molecule has 6 heteroatoms. The van der Waals surface area contributed by atoms with Crippen molar-refractivity contribution in [2.75, 3.05) is 0 Å². The molecule has 22 heavy (non-hydrogen) atoms. The first-order valence-electron chi connectivity index (χ1n) is 7.40. The number of carboxylic acid groups (broad SMARTS) is 1. The van der Waals surface area contributed by atoms with Crippen LogP contribution >= 0.6 is 0 Å². The lowest BCUT2D eigenvalue weighted by Crippen LogP contribution is -2.40. The number of unbranched alkanes of at least 4 members (excludes halogenated alkanes) is 1. The maximum atomic E-state index is 13.0. The van der Waals surface area contributed by atoms with Crippen LogP contribution in [-0.2, 0) is 16.0 Å². The van der Waals surface area contributed by atoms with Gasteiger partial charge in [0.1, 0.15) is 6.04 Å². The summed E-state index contributed by atoms with van der Waals surface area (Å²) < 4.78 is 25.8. The second kappa shape index (κ2) is 9.12. The average molecular weight is 313 g/mol. The molecule has 0 radical (unpaired) electrons. The minimum absolute atomic E-state index is 0.148. The second-order valence-electron chi connectivity index (χ2n) is 5.20. The van der Waals surface area contributed by atoms with Gasteiger partial charge in [-0.25, -0.2) is 13.6 Å². The van der Waals surface area contributed by atoms with Crippen molar-refractivity contribution in [2.45, 2.75) is 51.5 Å². The molecule has 1 atom stereocenters. The third-order valence-corrected chi connectivity index (χ3v) is 3.33. The van der Waals surface area contributed by atoms with Gasteiger partial charge in [0.25, 0.3) is 0 Å². The minimum Gasteiger partial charge on any atom is -0.480 e. The molecule has 0 bridgehead atoms. The van der Waals surface area contributed by atoms with Crippen LogP contribution in [0.4, 0.5) is 8.78 Å². The van der Waals surface area contributed by atoms with Gasteiger partial charge in [-0.3, -0.25) is 4.79 Å². The van der Waals surface area contributed by atoms with Crippen molar-refractivity contribution < 1.29 is 23.5 Å². The number of amides is 1. The molecule has 4 nitrogen and oxygen atoms in total. The van der Waals surface area contributed by atoms with Gasteiger partial charge in [0.05, 0.1) is 0 Å². The first-order valence-corrected chi connectivity index (χ1v) is 7.40. The van der Waals surface area contributed by atoms with Crippen molar-refractivity contribution in [3.05, 3.63) is 35.4 Å². The minimum atomic E-state index is -1.04. The molecule has 2 N–H and O–H groups in total. The van der Waals surface area contributed by atoms with Gasteiger partial charge in [0.15, 0.2) is 11.6 Å². The lowest BCUT2D eigenvalue weighted by molar-refractivity contribution is -0.142. The van der Waals surface area contributed by atoms with E-state index < -0.39 is 23.6 Å². The molecule has 1 rings (SSSR count). The molecule has 0 fully saturated rings. The van der Waals surface area contributed by atoms with E-state index in [9.17, 15) is 18.4 Å². The third-order valence-electron chi connectivity index (χ3n) is 3.33. The molecule has 0 saturated carbocycles. The molecular weight excluding hydrogens is 292 g/mol. The fourth-order valence-corrected chi connectivity index (χ4v) is 2.08. The van der Waals surface area contributed by atoms with E-state index in [-0.39, 0.29) is 12.3 Å². The predicted molar refractivity (Wildman–Crippen MR) is 78.4 cm³/mol. The normalized spacial score (nSPS) is 12.0. The van der Waals surface area contributed by atoms with E-state index in [1.165, 1.54) is 6.07 Å². The lowest BCUT2D eigenvalue weighted by atomic mass is 10.1. The van der Waals surface area contributed by atoms with E-state index in [1.807, 2.05) is 6.92 Å². The fourth-order valence-electron chi connectivity index (χ4n) is 2.08. The zero-order valence-corrected chi connectivity index (χ0v) is 12.6. The van der Waals surface area contributed by atoms with Gasteiger partial charge in [-0.15, -0.1) is 0 Å². The standard InChI is InChI=1S/C16H21F2NO3/c1-2-3-6-14(16(21)22)19-15(20)7-4-5-11-8-9-12(17)13(18)10-11/h8-10,14H,2-7H2,1H3,(H,19,20)(H,21,22). The topological polar surface area (TPSA) is 66.4 Å². The summed E-state index contributed by atoms with van der Waals surface area (Å²) >= 11 is 0. The average Bonchev–Trinajstić information content (AvgIpc) is 2.47. The number of nitrogens with one attached hydrogen (secondary N) is 1. The van der Waals surface area contributed by atoms with E-state index in [2.05, 4.69) is 5.32 Å². The first kappa shape index (κ1) is 18.1. The molecule has 1 amide bonds. The number of hydrogen-bond donors (Lipinski definition) is 2. The number of halogens is 2. The van der Waals surface area contributed by atoms with E-state index >= 15 is 0 Å². The summed E-state index contributed by atoms with van der Waals surface area (Å²) in [5, 5.41) is 11.5. The van der Waals surface area contributed by atoms with Crippen LogP contribution in [0.5, 0.6) is 0 Å². The molecule has 0 heterocycles. The lowest BCUT2D eigenvalue weighted by Gasteiger charge is -2.14. The maximum absolute atomic E-state index is 13.0. The van der Waals surface area contributed by atoms with E-state index in [4.69, 9.17) is 5.11 Å². The van der Waals surface area contributed by atoms with Gasteiger partial charge < -0.3 is 10.4 Å². The maximum Gasteiger partial charge on any atom is 0.326 e. The molecule has 0 aliphatic heterocycles. The summed E-state index contributed by atoms with van der Waals surface area (Å²) in [5.41, 5.74) is 0.604. The summed E-state index contributed by atoms with van der Waals surface area (Å²) in [7, 11) is 0. The molecule has 0 aliphatic carbocycles. The monoisotopic (exact) mass is 313 g/mol. The van der Waals surface area contributed by atoms with Gasteiger partial charge in [0.2, 0.25) is 5.91 Å². The highest BCUT2D eigenvalue weighted by molar-refractivity contribution is 5.83. The number of carbonyl (C=O) groups is 2. The first-order chi connectivity index (χ1) is 10.4. The third kappa shape index (κ3) is 6.20. The van der Waals surface area contributed by atoms with Gasteiger partial charge in [0, 0.05) is 6.42 Å². The number of hydrogen-bond acceptors (Lipinski definition) is 2. The summed E-state index contributed by atoms with van der Waals surface area (Å²) in [5.74, 6) is -3.19. The highest BCUT2D eigenvalue weighted by atomic mass is 19.2. The van der Waals surface area contributed by atoms with E-state index in [0.29, 0.717) is 24.8 Å². The molecule has 0 aromatic heterocycles. The van der Waals surface area contributed by atoms with Crippen LogP contribution in [0.3, 0.4) is 0 Å². The summed E-state index contributed by atoms with van der Waals surface area (Å²) in [6.45, 7) is 1.95. The predicted octanol–water partition coefficient (Wildman–Crippen LogP) is 3.05. The van der Waals surface area contributed by atoms with Crippen LogP contribution in [0.1, 0.15) is 44.6 Å². The zero-order valence-electron chi connectivity index (χ0n) is 12.6. The van der Waals surface area contributed by atoms with Gasteiger partial charge >= 0.3 is 5.97 Å². The Hall–Kier alpha value is -1.98. The zero-order chi connectivity index (χ0) is 16.5. The number of rotatable bonds is 9. The molecular formula is C16H21F2NO3. The Morgan fingerprint density at radius 2 is 1.95 bits per heavy atom. The Morgan fingerprint density at radius 3 is 2.55 bits per heavy atom. The van der Waals surface area contributed by atoms with Crippen molar-refractivity contribution in [1.29, 1.82) is 0 Å². The molecule has 0 spiro atoms. The quantitative estimate of drug-likeness (QED) is 0.736. The van der Waals surface area contributed by atoms with E-state index in [0.717, 1.165) is 25.0 Å². The van der Waals surface area contributed by atoms with Gasteiger partial charge in [-0.05, 0) is 37.0 Å². The summed E-state index contributed by atoms with van der Waals surface area (Å²) in [6, 6.07) is 2.76. The largest absolute Gasteiger partial charge is 0.480 e. The highest BCUT2D eigenvalue weighted by Crippen LogP contribution is 2.11. The molecule has 1 aromatic rings. The summed E-state index contributed by atoms with van der Waals surface area (Å²) in [4.78, 5) is 22.7. The van der Waals surface area contributed by atoms with Crippen LogP contribution in [0, 0.1) is 11.6 Å². The Morgan fingerprint density at radius 1 is 1.23 bits per heavy atom. The smallest absolute Gasteiger partial charge is 0.326 e. The molecule has 0 saturated heterocycles. The molecule has 1 unspecified atom stereocenters. The van der Waals surface area contributed by atoms with Crippen molar-refractivity contribution in [1.82, 2.24) is 5.32 Å². The molecule has 122 valence electrons. The van der Waals surface area contributed by atoms with E-state index in [1.54, 1.807) is 0 Å². The van der Waals surface area contributed by atoms with Crippen LogP contribution in [-0.4, -0.2) is 23.0 Å². The van der Waals surface area contributed by atoms with Crippen molar-refractivity contribution in [2.24, 2.45) is 0 Å². The fraction of sp³-hybridized carbons (Fsp3) is 0.500. The van der Waals surface area contributed by atoms with Crippen LogP contribution < -0.4 is 5.32 Å². The Balaban J connectivity index is 2.38. The van der Waals surface area contributed by atoms with Crippen LogP contribution in [0.2, 0.25) is 0 Å². The van der Waals surface area contributed by atoms with Crippen molar-refractivity contribution >= 4 is 11.9 Å². The van der Waals surface area contributed by atoms with Crippen molar-refractivity contribution in [3.8, 4) is 0 Å². The highest BCUT2D eigenvalue weighted by Gasteiger charge is 2.18. The Bertz CT molecular complexity index is 520. The number of benzene rings is 1. The molecule has 0 aliphatic rings. The molecule has 1 aromatic carbocycles. The van der Waals surface area contributed by atoms with Gasteiger partial charge in [-0.1, -0.05) is 25.8 Å². The second-order valence-corrected chi connectivity index (χ2v) is 5.20. The number of carbonyl (C=O) groups excluding carboxylic acids is 1. The SMILES string of the molecule is CCCCC(NC(=O)CCCc1ccc(F)c(F)c1)C(=O)O.